The molecule has 2 aromatic rings. The minimum absolute atomic E-state index is 0.681. The number of rotatable bonds is 5. The number of para-hydroxylation sites is 1. The lowest BCUT2D eigenvalue weighted by Crippen LogP contribution is -1.98. The minimum atomic E-state index is 0.681. The van der Waals surface area contributed by atoms with Crippen LogP contribution in [0.4, 0.5) is 5.69 Å². The van der Waals surface area contributed by atoms with Crippen LogP contribution in [0.2, 0.25) is 5.02 Å². The van der Waals surface area contributed by atoms with Gasteiger partial charge in [0.2, 0.25) is 0 Å². The van der Waals surface area contributed by atoms with Crippen molar-refractivity contribution in [3.63, 3.8) is 0 Å². The van der Waals surface area contributed by atoms with Crippen LogP contribution in [0.3, 0.4) is 0 Å². The highest BCUT2D eigenvalue weighted by molar-refractivity contribution is 6.30. The van der Waals surface area contributed by atoms with Gasteiger partial charge < -0.3 is 4.74 Å². The number of nitrogens with zero attached hydrogens (tertiary/aromatic N) is 1. The summed E-state index contributed by atoms with van der Waals surface area (Å²) in [6, 6.07) is 13.6. The summed E-state index contributed by atoms with van der Waals surface area (Å²) in [5.41, 5.74) is 2.99. The van der Waals surface area contributed by atoms with Gasteiger partial charge in [-0.05, 0) is 43.2 Å². The third-order valence-electron chi connectivity index (χ3n) is 2.89. The van der Waals surface area contributed by atoms with Crippen LogP contribution in [-0.4, -0.2) is 12.8 Å². The van der Waals surface area contributed by atoms with Crippen molar-refractivity contribution in [1.82, 2.24) is 0 Å². The van der Waals surface area contributed by atoms with Crippen LogP contribution < -0.4 is 4.74 Å². The number of ether oxygens (including phenoxy) is 1. The molecule has 0 atom stereocenters. The molecule has 0 aromatic heterocycles. The molecule has 0 heterocycles. The van der Waals surface area contributed by atoms with Crippen molar-refractivity contribution < 1.29 is 4.74 Å². The predicted octanol–water partition coefficient (Wildman–Crippen LogP) is 5.19. The molecule has 0 amide bonds. The van der Waals surface area contributed by atoms with E-state index >= 15 is 0 Å². The molecule has 2 rings (SSSR count). The SMILES string of the molecule is CCCOc1ccc(Cl)cc1C=Nc1ccccc1C. The highest BCUT2D eigenvalue weighted by Gasteiger charge is 2.03. The molecule has 0 N–H and O–H groups in total. The number of aryl methyl sites for hydroxylation is 1. The third kappa shape index (κ3) is 3.84. The molecular weight excluding hydrogens is 270 g/mol. The van der Waals surface area contributed by atoms with Crippen molar-refractivity contribution in [3.8, 4) is 5.75 Å². The zero-order chi connectivity index (χ0) is 14.4. The third-order valence-corrected chi connectivity index (χ3v) is 3.13. The molecule has 0 aliphatic rings. The molecule has 0 bridgehead atoms. The van der Waals surface area contributed by atoms with Gasteiger partial charge in [-0.2, -0.15) is 0 Å². The second-order valence-electron chi connectivity index (χ2n) is 4.58. The van der Waals surface area contributed by atoms with Crippen LogP contribution in [-0.2, 0) is 0 Å². The zero-order valence-corrected chi connectivity index (χ0v) is 12.5. The van der Waals surface area contributed by atoms with Gasteiger partial charge in [0.15, 0.2) is 0 Å². The summed E-state index contributed by atoms with van der Waals surface area (Å²) < 4.78 is 5.71. The van der Waals surface area contributed by atoms with Crippen molar-refractivity contribution in [1.29, 1.82) is 0 Å². The Balaban J connectivity index is 2.27. The number of aliphatic imine (C=N–C) groups is 1. The highest BCUT2D eigenvalue weighted by Crippen LogP contribution is 2.23. The Kier molecular flexibility index (Phi) is 5.19. The van der Waals surface area contributed by atoms with Crippen LogP contribution in [0.5, 0.6) is 5.75 Å². The summed E-state index contributed by atoms with van der Waals surface area (Å²) >= 11 is 6.05. The molecule has 3 heteroatoms. The van der Waals surface area contributed by atoms with E-state index in [1.807, 2.05) is 49.4 Å². The van der Waals surface area contributed by atoms with Crippen molar-refractivity contribution in [2.24, 2.45) is 4.99 Å². The average Bonchev–Trinajstić information content (AvgIpc) is 2.45. The van der Waals surface area contributed by atoms with Crippen LogP contribution >= 0.6 is 11.6 Å². The maximum absolute atomic E-state index is 6.05. The molecule has 2 aromatic carbocycles. The monoisotopic (exact) mass is 287 g/mol. The van der Waals surface area contributed by atoms with Gasteiger partial charge in [0.05, 0.1) is 12.3 Å². The first-order chi connectivity index (χ1) is 9.70. The Bertz CT molecular complexity index is 608. The molecule has 0 aliphatic carbocycles. The van der Waals surface area contributed by atoms with Crippen LogP contribution in [0.25, 0.3) is 0 Å². The van der Waals surface area contributed by atoms with E-state index in [1.165, 1.54) is 0 Å². The molecular formula is C17H18ClNO. The van der Waals surface area contributed by atoms with Gasteiger partial charge in [0.1, 0.15) is 5.75 Å². The number of hydrogen-bond donors (Lipinski definition) is 0. The van der Waals surface area contributed by atoms with Crippen molar-refractivity contribution in [2.75, 3.05) is 6.61 Å². The van der Waals surface area contributed by atoms with E-state index in [1.54, 1.807) is 6.21 Å². The van der Waals surface area contributed by atoms with E-state index < -0.39 is 0 Å². The van der Waals surface area contributed by atoms with Gasteiger partial charge in [-0.25, -0.2) is 0 Å². The molecule has 2 nitrogen and oxygen atoms in total. The summed E-state index contributed by atoms with van der Waals surface area (Å²) in [6.45, 7) is 4.81. The topological polar surface area (TPSA) is 21.6 Å². The highest BCUT2D eigenvalue weighted by atomic mass is 35.5. The summed E-state index contributed by atoms with van der Waals surface area (Å²) in [6.07, 6.45) is 2.77. The number of halogens is 1. The van der Waals surface area contributed by atoms with E-state index in [9.17, 15) is 0 Å². The van der Waals surface area contributed by atoms with Gasteiger partial charge in [-0.3, -0.25) is 4.99 Å². The van der Waals surface area contributed by atoms with Crippen molar-refractivity contribution >= 4 is 23.5 Å². The summed E-state index contributed by atoms with van der Waals surface area (Å²) in [5.74, 6) is 0.814. The second kappa shape index (κ2) is 7.11. The lowest BCUT2D eigenvalue weighted by molar-refractivity contribution is 0.317. The standard InChI is InChI=1S/C17H18ClNO/c1-3-10-20-17-9-8-15(18)11-14(17)12-19-16-7-5-4-6-13(16)2/h4-9,11-12H,3,10H2,1-2H3. The van der Waals surface area contributed by atoms with E-state index in [4.69, 9.17) is 16.3 Å². The molecule has 0 spiro atoms. The summed E-state index contributed by atoms with van der Waals surface area (Å²) in [4.78, 5) is 4.52. The Labute approximate surface area is 125 Å². The lowest BCUT2D eigenvalue weighted by Gasteiger charge is -2.08. The van der Waals surface area contributed by atoms with Crippen molar-refractivity contribution in [2.45, 2.75) is 20.3 Å². The Morgan fingerprint density at radius 2 is 2.00 bits per heavy atom. The van der Waals surface area contributed by atoms with E-state index in [0.717, 1.165) is 29.0 Å². The lowest BCUT2D eigenvalue weighted by atomic mass is 10.2. The first-order valence-corrected chi connectivity index (χ1v) is 7.10. The molecule has 0 saturated carbocycles. The van der Waals surface area contributed by atoms with Crippen LogP contribution in [0.1, 0.15) is 24.5 Å². The molecule has 104 valence electrons. The smallest absolute Gasteiger partial charge is 0.128 e. The fourth-order valence-electron chi connectivity index (χ4n) is 1.81. The van der Waals surface area contributed by atoms with E-state index in [2.05, 4.69) is 11.9 Å². The minimum Gasteiger partial charge on any atom is -0.493 e. The fourth-order valence-corrected chi connectivity index (χ4v) is 1.99. The van der Waals surface area contributed by atoms with Gasteiger partial charge >= 0.3 is 0 Å². The average molecular weight is 288 g/mol. The summed E-state index contributed by atoms with van der Waals surface area (Å²) in [7, 11) is 0. The molecule has 20 heavy (non-hydrogen) atoms. The molecule has 0 saturated heterocycles. The molecule has 0 unspecified atom stereocenters. The van der Waals surface area contributed by atoms with E-state index in [0.29, 0.717) is 11.6 Å². The molecule has 0 fully saturated rings. The largest absolute Gasteiger partial charge is 0.493 e. The normalized spacial score (nSPS) is 10.9. The number of hydrogen-bond acceptors (Lipinski definition) is 2. The van der Waals surface area contributed by atoms with Gasteiger partial charge in [0.25, 0.3) is 0 Å². The second-order valence-corrected chi connectivity index (χ2v) is 5.01. The van der Waals surface area contributed by atoms with Gasteiger partial charge in [-0.1, -0.05) is 36.7 Å². The first-order valence-electron chi connectivity index (χ1n) is 6.72. The van der Waals surface area contributed by atoms with Crippen LogP contribution in [0, 0.1) is 6.92 Å². The quantitative estimate of drug-likeness (QED) is 0.694. The number of benzene rings is 2. The maximum Gasteiger partial charge on any atom is 0.128 e. The Hall–Kier alpha value is -1.80. The predicted molar refractivity (Wildman–Crippen MR) is 85.7 cm³/mol. The Morgan fingerprint density at radius 3 is 2.75 bits per heavy atom. The van der Waals surface area contributed by atoms with Gasteiger partial charge in [-0.15, -0.1) is 0 Å². The van der Waals surface area contributed by atoms with Crippen molar-refractivity contribution in [3.05, 3.63) is 58.6 Å². The van der Waals surface area contributed by atoms with E-state index in [-0.39, 0.29) is 0 Å². The maximum atomic E-state index is 6.05. The molecule has 0 radical (unpaired) electrons. The van der Waals surface area contributed by atoms with Gasteiger partial charge in [0, 0.05) is 16.8 Å². The zero-order valence-electron chi connectivity index (χ0n) is 11.8. The first kappa shape index (κ1) is 14.6. The van der Waals surface area contributed by atoms with Crippen LogP contribution in [0.15, 0.2) is 47.5 Å². The molecule has 0 aliphatic heterocycles. The fraction of sp³-hybridized carbons (Fsp3) is 0.235. The summed E-state index contributed by atoms with van der Waals surface area (Å²) in [5, 5.41) is 0.681. The Morgan fingerprint density at radius 1 is 1.20 bits per heavy atom.